The van der Waals surface area contributed by atoms with Gasteiger partial charge >= 0.3 is 0 Å². The Balaban J connectivity index is 3.51. The van der Waals surface area contributed by atoms with Gasteiger partial charge in [-0.05, 0) is 24.7 Å². The second-order valence-electron chi connectivity index (χ2n) is 3.71. The molecule has 0 saturated heterocycles. The van der Waals surface area contributed by atoms with Crippen molar-refractivity contribution in [1.29, 1.82) is 0 Å². The quantitative estimate of drug-likeness (QED) is 0.618. The van der Waals surface area contributed by atoms with Crippen LogP contribution in [-0.4, -0.2) is 23.4 Å². The van der Waals surface area contributed by atoms with E-state index in [1.165, 1.54) is 12.8 Å². The fourth-order valence-electron chi connectivity index (χ4n) is 1.42. The Bertz CT molecular complexity index is 93.8. The van der Waals surface area contributed by atoms with Crippen molar-refractivity contribution in [3.8, 4) is 0 Å². The first-order valence-corrected chi connectivity index (χ1v) is 4.96. The van der Waals surface area contributed by atoms with Gasteiger partial charge in [-0.25, -0.2) is 0 Å². The van der Waals surface area contributed by atoms with E-state index in [1.54, 1.807) is 0 Å². The highest BCUT2D eigenvalue weighted by Crippen LogP contribution is 2.17. The standard InChI is InChI=1S/C10H22O2/c1-3-4-5-10(8-12)6-9(2)7-11/h9-12H,3-8H2,1-2H3. The highest BCUT2D eigenvalue weighted by molar-refractivity contribution is 4.62. The van der Waals surface area contributed by atoms with E-state index in [-0.39, 0.29) is 13.2 Å². The molecule has 0 saturated carbocycles. The molecule has 0 heterocycles. The third kappa shape index (κ3) is 5.56. The minimum absolute atomic E-state index is 0.239. The molecule has 0 aliphatic heterocycles. The number of aliphatic hydroxyl groups excluding tert-OH is 2. The summed E-state index contributed by atoms with van der Waals surface area (Å²) in [6.07, 6.45) is 4.41. The van der Waals surface area contributed by atoms with Crippen molar-refractivity contribution < 1.29 is 10.2 Å². The summed E-state index contributed by atoms with van der Waals surface area (Å²) in [7, 11) is 0. The van der Waals surface area contributed by atoms with Crippen LogP contribution in [0.3, 0.4) is 0 Å². The third-order valence-electron chi connectivity index (χ3n) is 2.27. The van der Waals surface area contributed by atoms with Crippen LogP contribution in [0.15, 0.2) is 0 Å². The second kappa shape index (κ2) is 7.56. The number of unbranched alkanes of at least 4 members (excludes halogenated alkanes) is 1. The van der Waals surface area contributed by atoms with E-state index in [2.05, 4.69) is 6.92 Å². The lowest BCUT2D eigenvalue weighted by atomic mass is 9.92. The maximum absolute atomic E-state index is 9.02. The largest absolute Gasteiger partial charge is 0.396 e. The van der Waals surface area contributed by atoms with Crippen molar-refractivity contribution in [2.75, 3.05) is 13.2 Å². The fraction of sp³-hybridized carbons (Fsp3) is 1.00. The molecule has 0 fully saturated rings. The Morgan fingerprint density at radius 2 is 1.83 bits per heavy atom. The summed E-state index contributed by atoms with van der Waals surface area (Å²) in [5.41, 5.74) is 0. The van der Waals surface area contributed by atoms with Crippen LogP contribution in [-0.2, 0) is 0 Å². The first-order chi connectivity index (χ1) is 5.74. The summed E-state index contributed by atoms with van der Waals surface area (Å²) >= 11 is 0. The second-order valence-corrected chi connectivity index (χ2v) is 3.71. The summed E-state index contributed by atoms with van der Waals surface area (Å²) in [4.78, 5) is 0. The number of aliphatic hydroxyl groups is 2. The van der Waals surface area contributed by atoms with E-state index in [0.717, 1.165) is 12.8 Å². The predicted octanol–water partition coefficient (Wildman–Crippen LogP) is 1.80. The van der Waals surface area contributed by atoms with Crippen molar-refractivity contribution in [2.45, 2.75) is 39.5 Å². The minimum atomic E-state index is 0.239. The molecule has 2 heteroatoms. The van der Waals surface area contributed by atoms with Gasteiger partial charge in [0, 0.05) is 13.2 Å². The third-order valence-corrected chi connectivity index (χ3v) is 2.27. The fourth-order valence-corrected chi connectivity index (χ4v) is 1.42. The Kier molecular flexibility index (Phi) is 7.51. The average molecular weight is 174 g/mol. The monoisotopic (exact) mass is 174 g/mol. The molecule has 2 unspecified atom stereocenters. The van der Waals surface area contributed by atoms with E-state index in [9.17, 15) is 0 Å². The van der Waals surface area contributed by atoms with Crippen LogP contribution in [0.25, 0.3) is 0 Å². The summed E-state index contributed by atoms with van der Waals surface area (Å²) in [6, 6.07) is 0. The first-order valence-electron chi connectivity index (χ1n) is 4.96. The summed E-state index contributed by atoms with van der Waals surface area (Å²) < 4.78 is 0. The van der Waals surface area contributed by atoms with Crippen molar-refractivity contribution >= 4 is 0 Å². The lowest BCUT2D eigenvalue weighted by Gasteiger charge is -2.16. The maximum atomic E-state index is 9.02. The number of hydrogen-bond acceptors (Lipinski definition) is 2. The van der Waals surface area contributed by atoms with Crippen LogP contribution < -0.4 is 0 Å². The van der Waals surface area contributed by atoms with Gasteiger partial charge in [0.1, 0.15) is 0 Å². The van der Waals surface area contributed by atoms with Crippen LogP contribution in [0.5, 0.6) is 0 Å². The molecular formula is C10H22O2. The van der Waals surface area contributed by atoms with Crippen molar-refractivity contribution in [2.24, 2.45) is 11.8 Å². The van der Waals surface area contributed by atoms with Crippen molar-refractivity contribution in [1.82, 2.24) is 0 Å². The highest BCUT2D eigenvalue weighted by Gasteiger charge is 2.10. The smallest absolute Gasteiger partial charge is 0.0459 e. The van der Waals surface area contributed by atoms with E-state index in [4.69, 9.17) is 10.2 Å². The van der Waals surface area contributed by atoms with Crippen LogP contribution >= 0.6 is 0 Å². The molecule has 0 bridgehead atoms. The van der Waals surface area contributed by atoms with Gasteiger partial charge in [-0.2, -0.15) is 0 Å². The molecule has 0 aliphatic carbocycles. The van der Waals surface area contributed by atoms with E-state index < -0.39 is 0 Å². The Labute approximate surface area is 75.6 Å². The molecule has 12 heavy (non-hydrogen) atoms. The zero-order chi connectivity index (χ0) is 9.40. The van der Waals surface area contributed by atoms with Crippen LogP contribution in [0.2, 0.25) is 0 Å². The highest BCUT2D eigenvalue weighted by atomic mass is 16.3. The Hall–Kier alpha value is -0.0800. The molecule has 0 aromatic carbocycles. The van der Waals surface area contributed by atoms with Gasteiger partial charge < -0.3 is 10.2 Å². The molecule has 0 aliphatic rings. The van der Waals surface area contributed by atoms with Crippen molar-refractivity contribution in [3.63, 3.8) is 0 Å². The molecule has 0 spiro atoms. The Morgan fingerprint density at radius 3 is 2.25 bits per heavy atom. The lowest BCUT2D eigenvalue weighted by molar-refractivity contribution is 0.161. The van der Waals surface area contributed by atoms with Crippen LogP contribution in [0.1, 0.15) is 39.5 Å². The molecule has 74 valence electrons. The molecule has 0 radical (unpaired) electrons. The molecule has 2 N–H and O–H groups in total. The molecular weight excluding hydrogens is 152 g/mol. The van der Waals surface area contributed by atoms with Gasteiger partial charge in [0.25, 0.3) is 0 Å². The zero-order valence-electron chi connectivity index (χ0n) is 8.29. The predicted molar refractivity (Wildman–Crippen MR) is 51.0 cm³/mol. The molecule has 0 amide bonds. The van der Waals surface area contributed by atoms with Gasteiger partial charge in [-0.1, -0.05) is 26.7 Å². The van der Waals surface area contributed by atoms with Gasteiger partial charge in [-0.15, -0.1) is 0 Å². The topological polar surface area (TPSA) is 40.5 Å². The number of rotatable bonds is 7. The summed E-state index contributed by atoms with van der Waals surface area (Å²) in [6.45, 7) is 4.69. The maximum Gasteiger partial charge on any atom is 0.0459 e. The van der Waals surface area contributed by atoms with E-state index in [1.807, 2.05) is 6.92 Å². The van der Waals surface area contributed by atoms with E-state index >= 15 is 0 Å². The van der Waals surface area contributed by atoms with Gasteiger partial charge in [0.2, 0.25) is 0 Å². The average Bonchev–Trinajstić information content (AvgIpc) is 2.11. The van der Waals surface area contributed by atoms with Gasteiger partial charge in [0.15, 0.2) is 0 Å². The normalized spacial score (nSPS) is 16.0. The minimum Gasteiger partial charge on any atom is -0.396 e. The number of hydrogen-bond donors (Lipinski definition) is 2. The molecule has 2 nitrogen and oxygen atoms in total. The summed E-state index contributed by atoms with van der Waals surface area (Å²) in [5, 5.41) is 17.8. The molecule has 0 rings (SSSR count). The Morgan fingerprint density at radius 1 is 1.17 bits per heavy atom. The molecule has 0 aromatic heterocycles. The summed E-state index contributed by atoms with van der Waals surface area (Å²) in [5.74, 6) is 0.728. The van der Waals surface area contributed by atoms with Crippen LogP contribution in [0, 0.1) is 11.8 Å². The molecule has 2 atom stereocenters. The van der Waals surface area contributed by atoms with Gasteiger partial charge in [0.05, 0.1) is 0 Å². The lowest BCUT2D eigenvalue weighted by Crippen LogP contribution is -2.13. The van der Waals surface area contributed by atoms with Crippen LogP contribution in [0.4, 0.5) is 0 Å². The van der Waals surface area contributed by atoms with E-state index in [0.29, 0.717) is 11.8 Å². The first kappa shape index (κ1) is 11.9. The zero-order valence-corrected chi connectivity index (χ0v) is 8.29. The SMILES string of the molecule is CCCCC(CO)CC(C)CO. The van der Waals surface area contributed by atoms with Gasteiger partial charge in [-0.3, -0.25) is 0 Å². The molecule has 0 aromatic rings. The van der Waals surface area contributed by atoms with Crippen molar-refractivity contribution in [3.05, 3.63) is 0 Å².